The summed E-state index contributed by atoms with van der Waals surface area (Å²) in [4.78, 5) is 14.2. The Labute approximate surface area is 108 Å². The summed E-state index contributed by atoms with van der Waals surface area (Å²) in [6.45, 7) is 2.61. The monoisotopic (exact) mass is 247 g/mol. The van der Waals surface area contributed by atoms with Gasteiger partial charge in [-0.25, -0.2) is 0 Å². The summed E-state index contributed by atoms with van der Waals surface area (Å²) in [5.74, 6) is 0.599. The molecule has 2 atom stereocenters. The first kappa shape index (κ1) is 13.1. The van der Waals surface area contributed by atoms with Crippen LogP contribution < -0.4 is 11.1 Å². The Bertz CT molecular complexity index is 393. The van der Waals surface area contributed by atoms with Gasteiger partial charge in [0.1, 0.15) is 6.04 Å². The average Bonchev–Trinajstić information content (AvgIpc) is 2.87. The van der Waals surface area contributed by atoms with Crippen molar-refractivity contribution in [3.63, 3.8) is 0 Å². The molecule has 3 N–H and O–H groups in total. The molecule has 1 amide bonds. The zero-order valence-electron chi connectivity index (χ0n) is 10.8. The van der Waals surface area contributed by atoms with Gasteiger partial charge < -0.3 is 16.0 Å². The molecule has 4 heteroatoms. The molecule has 1 aliphatic heterocycles. The van der Waals surface area contributed by atoms with Crippen LogP contribution in [-0.2, 0) is 4.79 Å². The van der Waals surface area contributed by atoms with Gasteiger partial charge in [0.15, 0.2) is 0 Å². The van der Waals surface area contributed by atoms with Crippen molar-refractivity contribution in [3.05, 3.63) is 35.9 Å². The summed E-state index contributed by atoms with van der Waals surface area (Å²) >= 11 is 0. The SMILES string of the molecule is CNCC1CCN(C(=O)C(N)c2ccccc2)C1. The zero-order chi connectivity index (χ0) is 13.0. The first-order chi connectivity index (χ1) is 8.72. The zero-order valence-corrected chi connectivity index (χ0v) is 10.8. The molecule has 1 aliphatic rings. The number of nitrogens with one attached hydrogen (secondary N) is 1. The number of hydrogen-bond donors (Lipinski definition) is 2. The lowest BCUT2D eigenvalue weighted by molar-refractivity contribution is -0.131. The molecule has 0 aliphatic carbocycles. The quantitative estimate of drug-likeness (QED) is 0.825. The number of likely N-dealkylation sites (tertiary alicyclic amines) is 1. The van der Waals surface area contributed by atoms with E-state index in [2.05, 4.69) is 5.32 Å². The molecule has 0 bridgehead atoms. The second-order valence-corrected chi connectivity index (χ2v) is 4.88. The summed E-state index contributed by atoms with van der Waals surface area (Å²) in [6, 6.07) is 9.04. The van der Waals surface area contributed by atoms with Gasteiger partial charge in [-0.05, 0) is 31.5 Å². The molecule has 1 aromatic carbocycles. The lowest BCUT2D eigenvalue weighted by atomic mass is 10.1. The molecule has 0 saturated carbocycles. The number of benzene rings is 1. The van der Waals surface area contributed by atoms with E-state index in [4.69, 9.17) is 5.73 Å². The molecule has 2 rings (SSSR count). The van der Waals surface area contributed by atoms with Gasteiger partial charge in [0.05, 0.1) is 0 Å². The Morgan fingerprint density at radius 1 is 1.50 bits per heavy atom. The number of nitrogens with two attached hydrogens (primary N) is 1. The highest BCUT2D eigenvalue weighted by atomic mass is 16.2. The molecule has 1 saturated heterocycles. The molecule has 0 radical (unpaired) electrons. The van der Waals surface area contributed by atoms with Crippen LogP contribution in [0, 0.1) is 5.92 Å². The number of hydrogen-bond acceptors (Lipinski definition) is 3. The van der Waals surface area contributed by atoms with E-state index in [1.165, 1.54) is 0 Å². The maximum Gasteiger partial charge on any atom is 0.244 e. The van der Waals surface area contributed by atoms with E-state index >= 15 is 0 Å². The van der Waals surface area contributed by atoms with Gasteiger partial charge >= 0.3 is 0 Å². The summed E-state index contributed by atoms with van der Waals surface area (Å²) < 4.78 is 0. The summed E-state index contributed by atoms with van der Waals surface area (Å²) in [5.41, 5.74) is 6.92. The molecule has 4 nitrogen and oxygen atoms in total. The highest BCUT2D eigenvalue weighted by Gasteiger charge is 2.29. The first-order valence-electron chi connectivity index (χ1n) is 6.46. The third kappa shape index (κ3) is 2.89. The Balaban J connectivity index is 1.96. The van der Waals surface area contributed by atoms with Crippen LogP contribution in [0.1, 0.15) is 18.0 Å². The summed E-state index contributed by atoms with van der Waals surface area (Å²) in [5, 5.41) is 3.16. The Hall–Kier alpha value is -1.39. The predicted molar refractivity (Wildman–Crippen MR) is 72.0 cm³/mol. The molecular formula is C14H21N3O. The van der Waals surface area contributed by atoms with Gasteiger partial charge in [0.2, 0.25) is 5.91 Å². The van der Waals surface area contributed by atoms with Gasteiger partial charge in [0, 0.05) is 13.1 Å². The lowest BCUT2D eigenvalue weighted by Crippen LogP contribution is -2.37. The topological polar surface area (TPSA) is 58.4 Å². The van der Waals surface area contributed by atoms with Crippen molar-refractivity contribution in [2.75, 3.05) is 26.7 Å². The number of rotatable bonds is 4. The maximum atomic E-state index is 12.3. The van der Waals surface area contributed by atoms with Crippen LogP contribution >= 0.6 is 0 Å². The fourth-order valence-corrected chi connectivity index (χ4v) is 2.49. The molecular weight excluding hydrogens is 226 g/mol. The number of amides is 1. The van der Waals surface area contributed by atoms with Gasteiger partial charge in [-0.2, -0.15) is 0 Å². The fraction of sp³-hybridized carbons (Fsp3) is 0.500. The molecule has 98 valence electrons. The molecule has 2 unspecified atom stereocenters. The average molecular weight is 247 g/mol. The molecule has 1 aromatic rings. The second kappa shape index (κ2) is 5.98. The third-order valence-corrected chi connectivity index (χ3v) is 3.52. The van der Waals surface area contributed by atoms with Crippen LogP contribution in [0.3, 0.4) is 0 Å². The predicted octanol–water partition coefficient (Wildman–Crippen LogP) is 0.754. The van der Waals surface area contributed by atoms with Crippen molar-refractivity contribution in [1.29, 1.82) is 0 Å². The Morgan fingerprint density at radius 3 is 2.89 bits per heavy atom. The van der Waals surface area contributed by atoms with Crippen molar-refractivity contribution in [1.82, 2.24) is 10.2 Å². The summed E-state index contributed by atoms with van der Waals surface area (Å²) in [7, 11) is 1.94. The first-order valence-corrected chi connectivity index (χ1v) is 6.46. The van der Waals surface area contributed by atoms with E-state index in [0.29, 0.717) is 5.92 Å². The normalized spacial score (nSPS) is 21.0. The summed E-state index contributed by atoms with van der Waals surface area (Å²) in [6.07, 6.45) is 1.06. The number of carbonyl (C=O) groups excluding carboxylic acids is 1. The van der Waals surface area contributed by atoms with Gasteiger partial charge in [-0.15, -0.1) is 0 Å². The fourth-order valence-electron chi connectivity index (χ4n) is 2.49. The van der Waals surface area contributed by atoms with E-state index in [-0.39, 0.29) is 5.91 Å². The van der Waals surface area contributed by atoms with Crippen molar-refractivity contribution >= 4 is 5.91 Å². The Morgan fingerprint density at radius 2 is 2.22 bits per heavy atom. The van der Waals surface area contributed by atoms with Crippen molar-refractivity contribution in [2.45, 2.75) is 12.5 Å². The Kier molecular flexibility index (Phi) is 4.33. The minimum atomic E-state index is -0.528. The maximum absolute atomic E-state index is 12.3. The molecule has 0 aromatic heterocycles. The van der Waals surface area contributed by atoms with Crippen molar-refractivity contribution in [3.8, 4) is 0 Å². The molecule has 0 spiro atoms. The van der Waals surface area contributed by atoms with Crippen LogP contribution in [0.4, 0.5) is 0 Å². The molecule has 18 heavy (non-hydrogen) atoms. The number of carbonyl (C=O) groups is 1. The van der Waals surface area contributed by atoms with E-state index in [0.717, 1.165) is 31.6 Å². The van der Waals surface area contributed by atoms with Gasteiger partial charge in [-0.1, -0.05) is 30.3 Å². The highest BCUT2D eigenvalue weighted by Crippen LogP contribution is 2.20. The second-order valence-electron chi connectivity index (χ2n) is 4.88. The van der Waals surface area contributed by atoms with E-state index < -0.39 is 6.04 Å². The number of nitrogens with zero attached hydrogens (tertiary/aromatic N) is 1. The van der Waals surface area contributed by atoms with Crippen LogP contribution in [0.25, 0.3) is 0 Å². The van der Waals surface area contributed by atoms with Crippen LogP contribution in [0.2, 0.25) is 0 Å². The van der Waals surface area contributed by atoms with E-state index in [1.807, 2.05) is 42.3 Å². The smallest absolute Gasteiger partial charge is 0.244 e. The van der Waals surface area contributed by atoms with E-state index in [1.54, 1.807) is 0 Å². The van der Waals surface area contributed by atoms with Crippen LogP contribution in [0.15, 0.2) is 30.3 Å². The van der Waals surface area contributed by atoms with Gasteiger partial charge in [0.25, 0.3) is 0 Å². The van der Waals surface area contributed by atoms with Crippen LogP contribution in [-0.4, -0.2) is 37.5 Å². The molecule has 1 heterocycles. The largest absolute Gasteiger partial charge is 0.341 e. The standard InChI is InChI=1S/C14H21N3O/c1-16-9-11-7-8-17(10-11)14(18)13(15)12-5-3-2-4-6-12/h2-6,11,13,16H,7-10,15H2,1H3. The minimum absolute atomic E-state index is 0.0415. The van der Waals surface area contributed by atoms with E-state index in [9.17, 15) is 4.79 Å². The lowest BCUT2D eigenvalue weighted by Gasteiger charge is -2.21. The molecule has 1 fully saturated rings. The van der Waals surface area contributed by atoms with Crippen LogP contribution in [0.5, 0.6) is 0 Å². The van der Waals surface area contributed by atoms with Crippen molar-refractivity contribution < 1.29 is 4.79 Å². The third-order valence-electron chi connectivity index (χ3n) is 3.52. The van der Waals surface area contributed by atoms with Crippen molar-refractivity contribution in [2.24, 2.45) is 11.7 Å². The minimum Gasteiger partial charge on any atom is -0.341 e. The van der Waals surface area contributed by atoms with Gasteiger partial charge in [-0.3, -0.25) is 4.79 Å². The highest BCUT2D eigenvalue weighted by molar-refractivity contribution is 5.83.